The molecule has 2 aromatic carbocycles. The summed E-state index contributed by atoms with van der Waals surface area (Å²) in [4.78, 5) is 12.6. The fourth-order valence-corrected chi connectivity index (χ4v) is 2.45. The maximum absolute atomic E-state index is 12.6. The van der Waals surface area contributed by atoms with Crippen LogP contribution in [0.4, 0.5) is 5.69 Å². The van der Waals surface area contributed by atoms with Crippen molar-refractivity contribution in [1.29, 1.82) is 0 Å². The number of carbonyl (C=O) groups excluding carboxylic acids is 1. The van der Waals surface area contributed by atoms with Crippen LogP contribution < -0.4 is 24.8 Å². The van der Waals surface area contributed by atoms with Gasteiger partial charge in [-0.3, -0.25) is 10.1 Å². The Morgan fingerprint density at radius 2 is 1.78 bits per heavy atom. The summed E-state index contributed by atoms with van der Waals surface area (Å²) in [6, 6.07) is 12.1. The number of para-hydroxylation sites is 1. The zero-order valence-corrected chi connectivity index (χ0v) is 16.2. The largest absolute Gasteiger partial charge is 0.497 e. The quantitative estimate of drug-likeness (QED) is 0.530. The van der Waals surface area contributed by atoms with E-state index >= 15 is 0 Å². The van der Waals surface area contributed by atoms with Crippen LogP contribution in [0.5, 0.6) is 17.2 Å². The van der Waals surface area contributed by atoms with Gasteiger partial charge in [0.1, 0.15) is 23.9 Å². The first-order chi connectivity index (χ1) is 13.1. The number of amides is 1. The van der Waals surface area contributed by atoms with Crippen molar-refractivity contribution in [2.75, 3.05) is 39.9 Å². The van der Waals surface area contributed by atoms with E-state index in [0.717, 1.165) is 0 Å². The topological polar surface area (TPSA) is 78.1 Å². The average Bonchev–Trinajstić information content (AvgIpc) is 2.68. The molecule has 0 aromatic heterocycles. The fourth-order valence-electron chi connectivity index (χ4n) is 2.25. The van der Waals surface area contributed by atoms with Crippen molar-refractivity contribution in [2.45, 2.75) is 0 Å². The highest BCUT2D eigenvalue weighted by Gasteiger charge is 2.15. The van der Waals surface area contributed by atoms with Crippen LogP contribution in [0.1, 0.15) is 10.4 Å². The lowest BCUT2D eigenvalue weighted by molar-refractivity contribution is 0.0970. The third kappa shape index (κ3) is 5.83. The molecule has 2 aromatic rings. The fraction of sp³-hybridized carbons (Fsp3) is 0.263. The van der Waals surface area contributed by atoms with E-state index in [1.54, 1.807) is 63.8 Å². The molecule has 0 spiro atoms. The van der Waals surface area contributed by atoms with Crippen LogP contribution in [0.2, 0.25) is 0 Å². The third-order valence-electron chi connectivity index (χ3n) is 3.56. The van der Waals surface area contributed by atoms with Gasteiger partial charge in [-0.05, 0) is 36.5 Å². The number of benzene rings is 2. The molecule has 0 aliphatic carbocycles. The molecule has 0 saturated heterocycles. The normalized spacial score (nSPS) is 10.0. The molecule has 27 heavy (non-hydrogen) atoms. The van der Waals surface area contributed by atoms with Gasteiger partial charge < -0.3 is 24.3 Å². The second-order valence-electron chi connectivity index (χ2n) is 5.31. The van der Waals surface area contributed by atoms with Crippen molar-refractivity contribution < 1.29 is 23.7 Å². The van der Waals surface area contributed by atoms with Gasteiger partial charge in [-0.25, -0.2) is 0 Å². The number of hydrogen-bond donors (Lipinski definition) is 2. The second-order valence-corrected chi connectivity index (χ2v) is 5.72. The molecule has 8 heteroatoms. The summed E-state index contributed by atoms with van der Waals surface area (Å²) in [5, 5.41) is 5.70. The molecule has 0 aliphatic heterocycles. The van der Waals surface area contributed by atoms with Crippen LogP contribution >= 0.6 is 12.2 Å². The van der Waals surface area contributed by atoms with E-state index in [9.17, 15) is 4.79 Å². The van der Waals surface area contributed by atoms with Crippen LogP contribution in [0.15, 0.2) is 42.5 Å². The molecule has 0 heterocycles. The average molecular weight is 390 g/mol. The number of thiocarbonyl (C=S) groups is 1. The predicted molar refractivity (Wildman–Crippen MR) is 107 cm³/mol. The molecule has 7 nitrogen and oxygen atoms in total. The number of anilines is 1. The minimum absolute atomic E-state index is 0.123. The van der Waals surface area contributed by atoms with Crippen LogP contribution in [0.25, 0.3) is 0 Å². The van der Waals surface area contributed by atoms with Gasteiger partial charge in [0, 0.05) is 13.2 Å². The Labute approximate surface area is 163 Å². The molecule has 0 atom stereocenters. The highest BCUT2D eigenvalue weighted by molar-refractivity contribution is 7.80. The van der Waals surface area contributed by atoms with E-state index in [-0.39, 0.29) is 11.0 Å². The van der Waals surface area contributed by atoms with Crippen molar-refractivity contribution in [3.05, 3.63) is 48.0 Å². The Balaban J connectivity index is 2.07. The van der Waals surface area contributed by atoms with E-state index in [1.807, 2.05) is 0 Å². The predicted octanol–water partition coefficient (Wildman–Crippen LogP) is 2.86. The zero-order valence-electron chi connectivity index (χ0n) is 15.4. The van der Waals surface area contributed by atoms with E-state index in [4.69, 9.17) is 31.2 Å². The number of nitrogens with one attached hydrogen (secondary N) is 2. The van der Waals surface area contributed by atoms with Crippen molar-refractivity contribution >= 4 is 28.9 Å². The minimum atomic E-state index is -0.387. The zero-order chi connectivity index (χ0) is 19.6. The number of methoxy groups -OCH3 is 3. The maximum atomic E-state index is 12.6. The summed E-state index contributed by atoms with van der Waals surface area (Å²) in [7, 11) is 4.69. The van der Waals surface area contributed by atoms with Crippen molar-refractivity contribution in [1.82, 2.24) is 5.32 Å². The van der Waals surface area contributed by atoms with Crippen LogP contribution in [0.3, 0.4) is 0 Å². The standard InChI is InChI=1S/C19H22N2O5S/c1-23-10-11-26-16-7-5-4-6-14(16)18(22)21-19(27)20-15-12-13(24-2)8-9-17(15)25-3/h4-9,12H,10-11H2,1-3H3,(H2,20,21,22,27). The summed E-state index contributed by atoms with van der Waals surface area (Å²) in [6.07, 6.45) is 0. The lowest BCUT2D eigenvalue weighted by atomic mass is 10.2. The first-order valence-corrected chi connectivity index (χ1v) is 8.55. The summed E-state index contributed by atoms with van der Waals surface area (Å²) in [6.45, 7) is 0.760. The molecule has 0 aliphatic rings. The summed E-state index contributed by atoms with van der Waals surface area (Å²) in [5.41, 5.74) is 0.946. The van der Waals surface area contributed by atoms with E-state index in [0.29, 0.717) is 41.7 Å². The summed E-state index contributed by atoms with van der Waals surface area (Å²) >= 11 is 5.25. The molecule has 144 valence electrons. The van der Waals surface area contributed by atoms with Crippen molar-refractivity contribution in [3.8, 4) is 17.2 Å². The van der Waals surface area contributed by atoms with Gasteiger partial charge >= 0.3 is 0 Å². The Morgan fingerprint density at radius 3 is 2.48 bits per heavy atom. The smallest absolute Gasteiger partial charge is 0.261 e. The van der Waals surface area contributed by atoms with E-state index < -0.39 is 0 Å². The number of hydrogen-bond acceptors (Lipinski definition) is 6. The van der Waals surface area contributed by atoms with E-state index in [2.05, 4.69) is 10.6 Å². The van der Waals surface area contributed by atoms with Gasteiger partial charge in [-0.15, -0.1) is 0 Å². The second kappa shape index (κ2) is 10.3. The van der Waals surface area contributed by atoms with Gasteiger partial charge in [0.05, 0.1) is 32.1 Å². The number of carbonyl (C=O) groups is 1. The van der Waals surface area contributed by atoms with Gasteiger partial charge in [-0.2, -0.15) is 0 Å². The van der Waals surface area contributed by atoms with Crippen LogP contribution in [-0.4, -0.2) is 45.6 Å². The van der Waals surface area contributed by atoms with Crippen molar-refractivity contribution in [3.63, 3.8) is 0 Å². The first kappa shape index (κ1) is 20.5. The highest BCUT2D eigenvalue weighted by Crippen LogP contribution is 2.28. The highest BCUT2D eigenvalue weighted by atomic mass is 32.1. The molecular formula is C19H22N2O5S. The molecule has 0 radical (unpaired) electrons. The molecular weight excluding hydrogens is 368 g/mol. The van der Waals surface area contributed by atoms with Crippen LogP contribution in [-0.2, 0) is 4.74 Å². The van der Waals surface area contributed by atoms with Gasteiger partial charge in [0.15, 0.2) is 5.11 Å². The lowest BCUT2D eigenvalue weighted by Crippen LogP contribution is -2.34. The summed E-state index contributed by atoms with van der Waals surface area (Å²) in [5.74, 6) is 1.26. The van der Waals surface area contributed by atoms with Gasteiger partial charge in [0.25, 0.3) is 5.91 Å². The molecule has 0 fully saturated rings. The molecule has 0 saturated carbocycles. The minimum Gasteiger partial charge on any atom is -0.497 e. The van der Waals surface area contributed by atoms with Gasteiger partial charge in [0.2, 0.25) is 0 Å². The summed E-state index contributed by atoms with van der Waals surface area (Å²) < 4.78 is 21.0. The van der Waals surface area contributed by atoms with Gasteiger partial charge in [-0.1, -0.05) is 12.1 Å². The SMILES string of the molecule is COCCOc1ccccc1C(=O)NC(=S)Nc1cc(OC)ccc1OC. The Bertz CT molecular complexity index is 797. The van der Waals surface area contributed by atoms with E-state index in [1.165, 1.54) is 0 Å². The maximum Gasteiger partial charge on any atom is 0.261 e. The number of rotatable bonds is 8. The molecule has 0 unspecified atom stereocenters. The van der Waals surface area contributed by atoms with Crippen LogP contribution in [0, 0.1) is 0 Å². The Hall–Kier alpha value is -2.84. The molecule has 1 amide bonds. The number of ether oxygens (including phenoxy) is 4. The van der Waals surface area contributed by atoms with Crippen molar-refractivity contribution in [2.24, 2.45) is 0 Å². The lowest BCUT2D eigenvalue weighted by Gasteiger charge is -2.15. The molecule has 0 bridgehead atoms. The first-order valence-electron chi connectivity index (χ1n) is 8.14. The third-order valence-corrected chi connectivity index (χ3v) is 3.76. The molecule has 2 rings (SSSR count). The Kier molecular flexibility index (Phi) is 7.84. The Morgan fingerprint density at radius 1 is 1.00 bits per heavy atom. The molecule has 2 N–H and O–H groups in total. The monoisotopic (exact) mass is 390 g/mol.